The van der Waals surface area contributed by atoms with Crippen molar-refractivity contribution in [2.45, 2.75) is 25.9 Å². The average Bonchev–Trinajstić information content (AvgIpc) is 2.74. The van der Waals surface area contributed by atoms with E-state index in [4.69, 9.17) is 14.7 Å². The van der Waals surface area contributed by atoms with Gasteiger partial charge in [0.15, 0.2) is 11.5 Å². The minimum atomic E-state index is -0.219. The van der Waals surface area contributed by atoms with Gasteiger partial charge in [0.1, 0.15) is 5.60 Å². The fraction of sp³-hybridized carbons (Fsp3) is 0.250. The Morgan fingerprint density at radius 2 is 2.20 bits per heavy atom. The van der Waals surface area contributed by atoms with Gasteiger partial charge in [0.05, 0.1) is 11.6 Å². The van der Waals surface area contributed by atoms with Crippen LogP contribution in [0.15, 0.2) is 36.5 Å². The number of aromatic nitrogens is 1. The van der Waals surface area contributed by atoms with Gasteiger partial charge < -0.3 is 9.47 Å². The van der Waals surface area contributed by atoms with E-state index in [0.29, 0.717) is 17.2 Å². The molecule has 0 amide bonds. The quantitative estimate of drug-likeness (QED) is 0.835. The molecule has 1 aliphatic rings. The van der Waals surface area contributed by atoms with Gasteiger partial charge in [0.2, 0.25) is 5.88 Å². The van der Waals surface area contributed by atoms with Crippen molar-refractivity contribution < 1.29 is 9.47 Å². The number of rotatable bonds is 2. The van der Waals surface area contributed by atoms with Crippen LogP contribution < -0.4 is 9.47 Å². The molecule has 0 bridgehead atoms. The van der Waals surface area contributed by atoms with Gasteiger partial charge in [-0.1, -0.05) is 12.1 Å². The molecule has 3 rings (SSSR count). The van der Waals surface area contributed by atoms with Crippen molar-refractivity contribution in [1.82, 2.24) is 4.98 Å². The molecule has 2 heterocycles. The van der Waals surface area contributed by atoms with E-state index in [0.717, 1.165) is 17.7 Å². The van der Waals surface area contributed by atoms with Crippen LogP contribution in [0.1, 0.15) is 25.0 Å². The van der Waals surface area contributed by atoms with Crippen molar-refractivity contribution in [3.05, 3.63) is 47.7 Å². The van der Waals surface area contributed by atoms with Gasteiger partial charge in [-0.15, -0.1) is 0 Å². The maximum absolute atomic E-state index is 8.89. The molecule has 0 unspecified atom stereocenters. The molecule has 0 fully saturated rings. The summed E-state index contributed by atoms with van der Waals surface area (Å²) in [5.74, 6) is 1.79. The lowest BCUT2D eigenvalue weighted by Crippen LogP contribution is -2.24. The van der Waals surface area contributed by atoms with Gasteiger partial charge in [0, 0.05) is 24.2 Å². The van der Waals surface area contributed by atoms with Crippen molar-refractivity contribution in [3.8, 4) is 23.4 Å². The first kappa shape index (κ1) is 12.5. The van der Waals surface area contributed by atoms with Crippen LogP contribution in [0.2, 0.25) is 0 Å². The zero-order valence-electron chi connectivity index (χ0n) is 11.4. The van der Waals surface area contributed by atoms with E-state index >= 15 is 0 Å². The number of para-hydroxylation sites is 1. The minimum absolute atomic E-state index is 0.219. The second-order valence-electron chi connectivity index (χ2n) is 5.38. The van der Waals surface area contributed by atoms with Crippen molar-refractivity contribution in [2.75, 3.05) is 0 Å². The van der Waals surface area contributed by atoms with E-state index in [1.165, 1.54) is 0 Å². The molecule has 100 valence electrons. The highest BCUT2D eigenvalue weighted by Crippen LogP contribution is 2.43. The minimum Gasteiger partial charge on any atom is -0.483 e. The van der Waals surface area contributed by atoms with Crippen molar-refractivity contribution >= 4 is 0 Å². The second kappa shape index (κ2) is 4.53. The third-order valence-corrected chi connectivity index (χ3v) is 3.13. The maximum Gasteiger partial charge on any atom is 0.220 e. The Morgan fingerprint density at radius 1 is 1.35 bits per heavy atom. The number of hydrogen-bond donors (Lipinski definition) is 0. The predicted octanol–water partition coefficient (Wildman–Crippen LogP) is 3.46. The Balaban J connectivity index is 1.94. The highest BCUT2D eigenvalue weighted by Gasteiger charge is 2.32. The largest absolute Gasteiger partial charge is 0.483 e. The standard InChI is InChI=1S/C16H14N2O2/c1-16(2)9-12-4-3-5-13(15(12)20-16)19-14-8-11(10-17)6-7-18-14/h3-8H,9H2,1-2H3. The Hall–Kier alpha value is -2.54. The summed E-state index contributed by atoms with van der Waals surface area (Å²) >= 11 is 0. The summed E-state index contributed by atoms with van der Waals surface area (Å²) in [7, 11) is 0. The first-order valence-electron chi connectivity index (χ1n) is 6.42. The second-order valence-corrected chi connectivity index (χ2v) is 5.38. The van der Waals surface area contributed by atoms with Crippen molar-refractivity contribution in [3.63, 3.8) is 0 Å². The summed E-state index contributed by atoms with van der Waals surface area (Å²) in [5, 5.41) is 8.89. The van der Waals surface area contributed by atoms with Gasteiger partial charge in [0.25, 0.3) is 0 Å². The highest BCUT2D eigenvalue weighted by atomic mass is 16.5. The molecule has 4 heteroatoms. The first-order chi connectivity index (χ1) is 9.57. The summed E-state index contributed by atoms with van der Waals surface area (Å²) in [6.45, 7) is 4.09. The zero-order chi connectivity index (χ0) is 14.2. The number of benzene rings is 1. The fourth-order valence-corrected chi connectivity index (χ4v) is 2.32. The maximum atomic E-state index is 8.89. The smallest absolute Gasteiger partial charge is 0.220 e. The number of nitriles is 1. The fourth-order valence-electron chi connectivity index (χ4n) is 2.32. The van der Waals surface area contributed by atoms with Crippen molar-refractivity contribution in [1.29, 1.82) is 5.26 Å². The van der Waals surface area contributed by atoms with E-state index < -0.39 is 0 Å². The van der Waals surface area contributed by atoms with E-state index in [-0.39, 0.29) is 5.60 Å². The molecule has 0 saturated heterocycles. The molecule has 4 nitrogen and oxygen atoms in total. The first-order valence-corrected chi connectivity index (χ1v) is 6.42. The Labute approximate surface area is 117 Å². The molecular weight excluding hydrogens is 252 g/mol. The number of nitrogens with zero attached hydrogens (tertiary/aromatic N) is 2. The van der Waals surface area contributed by atoms with Crippen LogP contribution in [0.3, 0.4) is 0 Å². The summed E-state index contributed by atoms with van der Waals surface area (Å²) in [6, 6.07) is 11.1. The van der Waals surface area contributed by atoms with Crippen molar-refractivity contribution in [2.24, 2.45) is 0 Å². The molecule has 0 aliphatic carbocycles. The molecule has 0 N–H and O–H groups in total. The molecule has 1 aromatic carbocycles. The third kappa shape index (κ3) is 2.30. The molecule has 2 aromatic rings. The van der Waals surface area contributed by atoms with Gasteiger partial charge in [-0.2, -0.15) is 5.26 Å². The predicted molar refractivity (Wildman–Crippen MR) is 73.9 cm³/mol. The number of fused-ring (bicyclic) bond motifs is 1. The topological polar surface area (TPSA) is 55.1 Å². The summed E-state index contributed by atoms with van der Waals surface area (Å²) in [4.78, 5) is 4.12. The average molecular weight is 266 g/mol. The van der Waals surface area contributed by atoms with Crippen LogP contribution in [-0.4, -0.2) is 10.6 Å². The number of hydrogen-bond acceptors (Lipinski definition) is 4. The van der Waals surface area contributed by atoms with E-state index in [2.05, 4.69) is 11.1 Å². The van der Waals surface area contributed by atoms with Gasteiger partial charge in [-0.3, -0.25) is 0 Å². The van der Waals surface area contributed by atoms with Crippen LogP contribution >= 0.6 is 0 Å². The summed E-state index contributed by atoms with van der Waals surface area (Å²) in [5.41, 5.74) is 1.43. The number of pyridine rings is 1. The van der Waals surface area contributed by atoms with Crippen LogP contribution in [0, 0.1) is 11.3 Å². The Kier molecular flexibility index (Phi) is 2.83. The van der Waals surface area contributed by atoms with E-state index in [1.54, 1.807) is 18.3 Å². The number of ether oxygens (including phenoxy) is 2. The van der Waals surface area contributed by atoms with E-state index in [9.17, 15) is 0 Å². The molecule has 0 radical (unpaired) electrons. The lowest BCUT2D eigenvalue weighted by Gasteiger charge is -2.18. The van der Waals surface area contributed by atoms with Crippen LogP contribution in [0.4, 0.5) is 0 Å². The van der Waals surface area contributed by atoms with Gasteiger partial charge in [-0.25, -0.2) is 4.98 Å². The van der Waals surface area contributed by atoms with Crippen LogP contribution in [0.5, 0.6) is 17.4 Å². The SMILES string of the molecule is CC1(C)Cc2cccc(Oc3cc(C#N)ccn3)c2O1. The van der Waals surface area contributed by atoms with Gasteiger partial charge >= 0.3 is 0 Å². The monoisotopic (exact) mass is 266 g/mol. The van der Waals surface area contributed by atoms with Gasteiger partial charge in [-0.05, 0) is 26.0 Å². The normalized spacial score (nSPS) is 15.1. The summed E-state index contributed by atoms with van der Waals surface area (Å²) in [6.07, 6.45) is 2.41. The summed E-state index contributed by atoms with van der Waals surface area (Å²) < 4.78 is 11.7. The lowest BCUT2D eigenvalue weighted by atomic mass is 10.0. The van der Waals surface area contributed by atoms with E-state index in [1.807, 2.05) is 32.0 Å². The zero-order valence-corrected chi connectivity index (χ0v) is 11.4. The molecule has 0 saturated carbocycles. The highest BCUT2D eigenvalue weighted by molar-refractivity contribution is 5.51. The Bertz CT molecular complexity index is 702. The molecule has 1 aromatic heterocycles. The molecule has 0 spiro atoms. The molecule has 0 atom stereocenters. The lowest BCUT2D eigenvalue weighted by molar-refractivity contribution is 0.135. The molecule has 1 aliphatic heterocycles. The Morgan fingerprint density at radius 3 is 3.00 bits per heavy atom. The molecular formula is C16H14N2O2. The van der Waals surface area contributed by atoms with Crippen LogP contribution in [0.25, 0.3) is 0 Å². The molecule has 20 heavy (non-hydrogen) atoms. The third-order valence-electron chi connectivity index (χ3n) is 3.13. The van der Waals surface area contributed by atoms with Crippen LogP contribution in [-0.2, 0) is 6.42 Å².